The molecule has 4 bridgehead atoms. The molecule has 1 N–H and O–H groups in total. The summed E-state index contributed by atoms with van der Waals surface area (Å²) < 4.78 is 21.9. The van der Waals surface area contributed by atoms with Crippen molar-refractivity contribution in [1.29, 1.82) is 5.26 Å². The molecule has 12 heteroatoms. The number of ether oxygens (including phenoxy) is 3. The normalized spacial score (nSPS) is 20.1. The molecule has 6 rings (SSSR count). The van der Waals surface area contributed by atoms with Gasteiger partial charge in [0.15, 0.2) is 5.82 Å². The van der Waals surface area contributed by atoms with Gasteiger partial charge in [0.25, 0.3) is 0 Å². The van der Waals surface area contributed by atoms with Gasteiger partial charge in [0.2, 0.25) is 11.8 Å². The Morgan fingerprint density at radius 1 is 1.21 bits per heavy atom. The van der Waals surface area contributed by atoms with Crippen molar-refractivity contribution in [3.8, 4) is 46.1 Å². The van der Waals surface area contributed by atoms with Gasteiger partial charge in [0.1, 0.15) is 22.9 Å². The van der Waals surface area contributed by atoms with Gasteiger partial charge < -0.3 is 19.5 Å². The van der Waals surface area contributed by atoms with Crippen molar-refractivity contribution in [2.24, 2.45) is 13.0 Å². The van der Waals surface area contributed by atoms with E-state index in [4.69, 9.17) is 14.2 Å². The Balaban J connectivity index is 1.40. The summed E-state index contributed by atoms with van der Waals surface area (Å²) in [6.07, 6.45) is 8.26. The van der Waals surface area contributed by atoms with Crippen LogP contribution in [0.4, 0.5) is 11.6 Å². The molecule has 2 aliphatic rings. The van der Waals surface area contributed by atoms with Gasteiger partial charge in [-0.2, -0.15) is 10.4 Å². The highest BCUT2D eigenvalue weighted by atomic mass is 16.5. The number of hydrogen-bond donors (Lipinski definition) is 1. The Morgan fingerprint density at radius 3 is 2.92 bits per heavy atom. The Bertz CT molecular complexity index is 1520. The van der Waals surface area contributed by atoms with Gasteiger partial charge in [-0.25, -0.2) is 19.6 Å². The van der Waals surface area contributed by atoms with Crippen LogP contribution in [0.5, 0.6) is 17.5 Å². The minimum atomic E-state index is -0.172. The highest BCUT2D eigenvalue weighted by Gasteiger charge is 2.40. The predicted octanol–water partition coefficient (Wildman–Crippen LogP) is 3.91. The molecule has 0 aromatic carbocycles. The maximum atomic E-state index is 9.30. The molecule has 1 fully saturated rings. The first kappa shape index (κ1) is 23.7. The van der Waals surface area contributed by atoms with Gasteiger partial charge in [-0.05, 0) is 26.3 Å². The smallest absolute Gasteiger partial charge is 0.240 e. The maximum Gasteiger partial charge on any atom is 0.240 e. The maximum absolute atomic E-state index is 9.30. The molecule has 194 valence electrons. The molecule has 4 aromatic rings. The van der Waals surface area contributed by atoms with Crippen LogP contribution in [-0.2, 0) is 7.05 Å². The molecule has 1 unspecified atom stereocenters. The predicted molar refractivity (Wildman–Crippen MR) is 137 cm³/mol. The molecule has 12 nitrogen and oxygen atoms in total. The van der Waals surface area contributed by atoms with Crippen LogP contribution >= 0.6 is 0 Å². The van der Waals surface area contributed by atoms with E-state index in [0.717, 1.165) is 17.5 Å². The highest BCUT2D eigenvalue weighted by molar-refractivity contribution is 5.75. The summed E-state index contributed by atoms with van der Waals surface area (Å²) in [4.78, 5) is 13.7. The number of anilines is 2. The fourth-order valence-corrected chi connectivity index (χ4v) is 4.43. The van der Waals surface area contributed by atoms with E-state index in [1.165, 1.54) is 0 Å². The minimum absolute atomic E-state index is 0.0334. The first-order chi connectivity index (χ1) is 18.5. The number of hydrogen-bond acceptors (Lipinski definition) is 10. The number of fused-ring (bicyclic) bond motifs is 6. The summed E-state index contributed by atoms with van der Waals surface area (Å²) in [5, 5.41) is 21.5. The van der Waals surface area contributed by atoms with E-state index in [1.807, 2.05) is 37.8 Å². The number of rotatable bonds is 4. The van der Waals surface area contributed by atoms with Crippen molar-refractivity contribution < 1.29 is 14.2 Å². The molecule has 1 saturated carbocycles. The van der Waals surface area contributed by atoms with E-state index < -0.39 is 0 Å². The average Bonchev–Trinajstić information content (AvgIpc) is 3.45. The van der Waals surface area contributed by atoms with Gasteiger partial charge in [0.05, 0.1) is 49.1 Å². The lowest BCUT2D eigenvalue weighted by Gasteiger charge is -2.19. The standard InChI is InChI=1S/C26H27N9O3/c1-4-36-25-19(14-35(33-25)20-9-16(20)11-27)17-12-29-23-10-21(17)38-15(2)6-8-37-26-18(13-30-34(26)3)24-28-7-5-22(31-23)32-24/h5,7,10,12-16,20H,4,6,8-9H2,1-3H3,(H,28,29,31,32)/t15-,16-,20?/m0/s1. The number of nitrogens with one attached hydrogen (secondary N) is 1. The van der Waals surface area contributed by atoms with E-state index in [1.54, 1.807) is 29.3 Å². The van der Waals surface area contributed by atoms with Crippen LogP contribution in [0.3, 0.4) is 0 Å². The lowest BCUT2D eigenvalue weighted by atomic mass is 10.1. The zero-order chi connectivity index (χ0) is 26.2. The zero-order valence-electron chi connectivity index (χ0n) is 21.3. The second-order valence-corrected chi connectivity index (χ2v) is 9.31. The van der Waals surface area contributed by atoms with Crippen molar-refractivity contribution in [3.05, 3.63) is 36.9 Å². The van der Waals surface area contributed by atoms with Gasteiger partial charge in [-0.3, -0.25) is 4.68 Å². The Morgan fingerprint density at radius 2 is 2.11 bits per heavy atom. The van der Waals surface area contributed by atoms with E-state index in [2.05, 4.69) is 36.5 Å². The average molecular weight is 514 g/mol. The molecule has 38 heavy (non-hydrogen) atoms. The molecule has 1 aliphatic heterocycles. The van der Waals surface area contributed by atoms with Gasteiger partial charge >= 0.3 is 0 Å². The molecule has 5 heterocycles. The molecule has 0 saturated heterocycles. The van der Waals surface area contributed by atoms with Crippen LogP contribution < -0.4 is 19.5 Å². The summed E-state index contributed by atoms with van der Waals surface area (Å²) in [7, 11) is 1.82. The lowest BCUT2D eigenvalue weighted by Crippen LogP contribution is -2.17. The Hall–Kier alpha value is -4.66. The second-order valence-electron chi connectivity index (χ2n) is 9.31. The van der Waals surface area contributed by atoms with Crippen molar-refractivity contribution in [2.75, 3.05) is 18.5 Å². The summed E-state index contributed by atoms with van der Waals surface area (Å²) in [6.45, 7) is 4.78. The summed E-state index contributed by atoms with van der Waals surface area (Å²) in [6, 6.07) is 5.98. The number of nitrogens with zero attached hydrogens (tertiary/aromatic N) is 8. The monoisotopic (exact) mass is 513 g/mol. The fraction of sp³-hybridized carbons (Fsp3) is 0.385. The van der Waals surface area contributed by atoms with E-state index in [9.17, 15) is 5.26 Å². The minimum Gasteiger partial charge on any atom is -0.490 e. The number of aryl methyl sites for hydroxylation is 1. The number of aromatic nitrogens is 7. The fourth-order valence-electron chi connectivity index (χ4n) is 4.43. The second kappa shape index (κ2) is 9.66. The van der Waals surface area contributed by atoms with E-state index in [0.29, 0.717) is 60.2 Å². The van der Waals surface area contributed by atoms with Crippen LogP contribution in [0.25, 0.3) is 22.5 Å². The molecule has 4 aromatic heterocycles. The summed E-state index contributed by atoms with van der Waals surface area (Å²) >= 11 is 0. The first-order valence-corrected chi connectivity index (χ1v) is 12.6. The lowest BCUT2D eigenvalue weighted by molar-refractivity contribution is 0.173. The van der Waals surface area contributed by atoms with Crippen molar-refractivity contribution in [3.63, 3.8) is 0 Å². The van der Waals surface area contributed by atoms with Gasteiger partial charge in [-0.15, -0.1) is 5.10 Å². The summed E-state index contributed by atoms with van der Waals surface area (Å²) in [5.74, 6) is 3.30. The van der Waals surface area contributed by atoms with Crippen molar-refractivity contribution >= 4 is 11.6 Å². The van der Waals surface area contributed by atoms with Crippen LogP contribution in [0.1, 0.15) is 32.7 Å². The third kappa shape index (κ3) is 4.47. The van der Waals surface area contributed by atoms with Crippen LogP contribution in [0.2, 0.25) is 0 Å². The number of nitriles is 1. The van der Waals surface area contributed by atoms with Crippen LogP contribution in [-0.4, -0.2) is 53.8 Å². The zero-order valence-corrected chi connectivity index (χ0v) is 21.3. The quantitative estimate of drug-likeness (QED) is 0.427. The topological polar surface area (TPSA) is 138 Å². The highest BCUT2D eigenvalue weighted by Crippen LogP contribution is 2.45. The van der Waals surface area contributed by atoms with Crippen molar-refractivity contribution in [1.82, 2.24) is 34.5 Å². The van der Waals surface area contributed by atoms with Crippen LogP contribution in [0.15, 0.2) is 36.9 Å². The largest absolute Gasteiger partial charge is 0.490 e. The Kier molecular flexibility index (Phi) is 6.03. The summed E-state index contributed by atoms with van der Waals surface area (Å²) in [5.41, 5.74) is 2.22. The van der Waals surface area contributed by atoms with Gasteiger partial charge in [0, 0.05) is 43.7 Å². The van der Waals surface area contributed by atoms with Crippen molar-refractivity contribution in [2.45, 2.75) is 38.8 Å². The third-order valence-electron chi connectivity index (χ3n) is 6.53. The molecule has 0 amide bonds. The molecular formula is C26H27N9O3. The van der Waals surface area contributed by atoms with Crippen LogP contribution in [0, 0.1) is 17.2 Å². The SMILES string of the molecule is CCOc1nn(C2C[C@H]2C#N)cc1-c1cnc2cc1O[C@@H](C)CCOc1c(cnn1C)-c1nccc(n1)N2. The first-order valence-electron chi connectivity index (χ1n) is 12.6. The molecule has 3 atom stereocenters. The van der Waals surface area contributed by atoms with E-state index >= 15 is 0 Å². The molecular weight excluding hydrogens is 486 g/mol. The third-order valence-corrected chi connectivity index (χ3v) is 6.53. The van der Waals surface area contributed by atoms with Gasteiger partial charge in [-0.1, -0.05) is 0 Å². The molecule has 0 spiro atoms. The number of pyridine rings is 1. The van der Waals surface area contributed by atoms with E-state index in [-0.39, 0.29) is 18.1 Å². The Labute approximate surface area is 219 Å². The molecule has 1 aliphatic carbocycles. The molecule has 0 radical (unpaired) electrons.